The number of rotatable bonds is 7. The minimum Gasteiger partial charge on any atom is -0.486 e. The number of ether oxygens (including phenoxy) is 2. The summed E-state index contributed by atoms with van der Waals surface area (Å²) in [6.45, 7) is 6.18. The molecule has 0 atom stereocenters. The lowest BCUT2D eigenvalue weighted by atomic mass is 10.1. The second kappa shape index (κ2) is 9.61. The Balaban J connectivity index is 1.42. The van der Waals surface area contributed by atoms with Gasteiger partial charge in [-0.1, -0.05) is 36.4 Å². The van der Waals surface area contributed by atoms with Crippen LogP contribution in [-0.4, -0.2) is 37.1 Å². The molecule has 0 radical (unpaired) electrons. The quantitative estimate of drug-likeness (QED) is 0.635. The molecule has 2 heterocycles. The highest BCUT2D eigenvalue weighted by molar-refractivity contribution is 6.03. The van der Waals surface area contributed by atoms with Crippen LogP contribution in [0.25, 0.3) is 0 Å². The Hall–Kier alpha value is -3.09. The molecule has 1 amide bonds. The number of anilines is 1. The first-order chi connectivity index (χ1) is 14.7. The molecule has 0 spiro atoms. The highest BCUT2D eigenvalue weighted by Gasteiger charge is 2.19. The number of carbonyl (C=O) groups excluding carboxylic acids is 1. The third kappa shape index (κ3) is 5.09. The standard InChI is InChI=1S/C24H26N2O4/c1-18-15-21(17-29-20-8-3-2-4-9-20)30-23(18)24(27)25-22-10-6-5-7-19(22)16-26-11-13-28-14-12-26/h2-10,15H,11-14,16-17H2,1H3,(H,25,27). The van der Waals surface area contributed by atoms with E-state index in [1.54, 1.807) is 0 Å². The van der Waals surface area contributed by atoms with Crippen molar-refractivity contribution >= 4 is 11.6 Å². The van der Waals surface area contributed by atoms with E-state index in [4.69, 9.17) is 13.9 Å². The van der Waals surface area contributed by atoms with Crippen LogP contribution in [0.5, 0.6) is 5.75 Å². The fraction of sp³-hybridized carbons (Fsp3) is 0.292. The highest BCUT2D eigenvalue weighted by Crippen LogP contribution is 2.22. The highest BCUT2D eigenvalue weighted by atomic mass is 16.5. The van der Waals surface area contributed by atoms with Crippen LogP contribution >= 0.6 is 0 Å². The summed E-state index contributed by atoms with van der Waals surface area (Å²) >= 11 is 0. The lowest BCUT2D eigenvalue weighted by molar-refractivity contribution is 0.0342. The molecule has 2 aromatic carbocycles. The van der Waals surface area contributed by atoms with Crippen LogP contribution in [-0.2, 0) is 17.9 Å². The van der Waals surface area contributed by atoms with Crippen molar-refractivity contribution < 1.29 is 18.7 Å². The molecule has 0 unspecified atom stereocenters. The summed E-state index contributed by atoms with van der Waals surface area (Å²) in [7, 11) is 0. The molecule has 1 aromatic heterocycles. The number of furan rings is 1. The summed E-state index contributed by atoms with van der Waals surface area (Å²) in [4.78, 5) is 15.2. The number of aryl methyl sites for hydroxylation is 1. The smallest absolute Gasteiger partial charge is 0.291 e. The molecular weight excluding hydrogens is 380 g/mol. The van der Waals surface area contributed by atoms with Crippen LogP contribution in [0.4, 0.5) is 5.69 Å². The summed E-state index contributed by atoms with van der Waals surface area (Å²) in [5.74, 6) is 1.42. The van der Waals surface area contributed by atoms with Crippen LogP contribution in [0.15, 0.2) is 65.1 Å². The minimum atomic E-state index is -0.257. The summed E-state index contributed by atoms with van der Waals surface area (Å²) in [6, 6.07) is 19.2. The van der Waals surface area contributed by atoms with Gasteiger partial charge >= 0.3 is 0 Å². The van der Waals surface area contributed by atoms with E-state index in [-0.39, 0.29) is 12.5 Å². The molecule has 1 aliphatic rings. The number of para-hydroxylation sites is 2. The van der Waals surface area contributed by atoms with Gasteiger partial charge in [-0.2, -0.15) is 0 Å². The van der Waals surface area contributed by atoms with E-state index in [9.17, 15) is 4.79 Å². The van der Waals surface area contributed by atoms with E-state index in [0.717, 1.165) is 55.4 Å². The van der Waals surface area contributed by atoms with Gasteiger partial charge in [0.2, 0.25) is 0 Å². The number of benzene rings is 2. The van der Waals surface area contributed by atoms with Gasteiger partial charge in [-0.15, -0.1) is 0 Å². The van der Waals surface area contributed by atoms with Crippen LogP contribution in [0.3, 0.4) is 0 Å². The number of hydrogen-bond donors (Lipinski definition) is 1. The zero-order valence-electron chi connectivity index (χ0n) is 17.1. The fourth-order valence-corrected chi connectivity index (χ4v) is 3.48. The summed E-state index contributed by atoms with van der Waals surface area (Å²) in [5, 5.41) is 3.01. The molecule has 30 heavy (non-hydrogen) atoms. The molecule has 1 saturated heterocycles. The lowest BCUT2D eigenvalue weighted by Crippen LogP contribution is -2.35. The summed E-state index contributed by atoms with van der Waals surface area (Å²) in [5.41, 5.74) is 2.65. The van der Waals surface area contributed by atoms with Gasteiger partial charge in [-0.05, 0) is 36.8 Å². The molecule has 0 bridgehead atoms. The van der Waals surface area contributed by atoms with Crippen molar-refractivity contribution in [3.8, 4) is 5.75 Å². The van der Waals surface area contributed by atoms with Gasteiger partial charge in [0.05, 0.1) is 13.2 Å². The monoisotopic (exact) mass is 406 g/mol. The Bertz CT molecular complexity index is 978. The molecule has 0 saturated carbocycles. The van der Waals surface area contributed by atoms with E-state index in [0.29, 0.717) is 11.5 Å². The van der Waals surface area contributed by atoms with Crippen molar-refractivity contribution in [1.82, 2.24) is 4.90 Å². The van der Waals surface area contributed by atoms with E-state index in [2.05, 4.69) is 10.2 Å². The zero-order chi connectivity index (χ0) is 20.8. The maximum atomic E-state index is 12.9. The lowest BCUT2D eigenvalue weighted by Gasteiger charge is -2.27. The van der Waals surface area contributed by atoms with Gasteiger partial charge in [-0.3, -0.25) is 9.69 Å². The molecule has 4 rings (SSSR count). The molecule has 0 aliphatic carbocycles. The van der Waals surface area contributed by atoms with Gasteiger partial charge in [0.1, 0.15) is 18.1 Å². The van der Waals surface area contributed by atoms with Crippen LogP contribution in [0.2, 0.25) is 0 Å². The van der Waals surface area contributed by atoms with E-state index in [1.807, 2.05) is 67.6 Å². The van der Waals surface area contributed by atoms with Crippen molar-refractivity contribution in [2.24, 2.45) is 0 Å². The number of nitrogens with one attached hydrogen (secondary N) is 1. The van der Waals surface area contributed by atoms with Gasteiger partial charge < -0.3 is 19.2 Å². The number of nitrogens with zero attached hydrogens (tertiary/aromatic N) is 1. The Morgan fingerprint density at radius 1 is 1.07 bits per heavy atom. The number of amides is 1. The number of carbonyl (C=O) groups is 1. The second-order valence-electron chi connectivity index (χ2n) is 7.33. The molecular formula is C24H26N2O4. The van der Waals surface area contributed by atoms with Gasteiger partial charge in [0, 0.05) is 30.9 Å². The molecule has 156 valence electrons. The summed E-state index contributed by atoms with van der Waals surface area (Å²) in [6.07, 6.45) is 0. The maximum Gasteiger partial charge on any atom is 0.291 e. The first kappa shape index (κ1) is 20.2. The molecule has 6 heteroatoms. The van der Waals surface area contributed by atoms with Crippen molar-refractivity contribution in [3.05, 3.63) is 83.3 Å². The van der Waals surface area contributed by atoms with Gasteiger partial charge in [-0.25, -0.2) is 0 Å². The number of morpholine rings is 1. The maximum absolute atomic E-state index is 12.9. The molecule has 6 nitrogen and oxygen atoms in total. The fourth-order valence-electron chi connectivity index (χ4n) is 3.48. The topological polar surface area (TPSA) is 63.9 Å². The molecule has 1 fully saturated rings. The Morgan fingerprint density at radius 3 is 2.60 bits per heavy atom. The largest absolute Gasteiger partial charge is 0.486 e. The Labute approximate surface area is 176 Å². The Morgan fingerprint density at radius 2 is 1.80 bits per heavy atom. The number of hydrogen-bond acceptors (Lipinski definition) is 5. The van der Waals surface area contributed by atoms with Crippen LogP contribution < -0.4 is 10.1 Å². The third-order valence-electron chi connectivity index (χ3n) is 5.06. The predicted molar refractivity (Wildman–Crippen MR) is 115 cm³/mol. The third-order valence-corrected chi connectivity index (χ3v) is 5.06. The molecule has 3 aromatic rings. The minimum absolute atomic E-state index is 0.257. The first-order valence-electron chi connectivity index (χ1n) is 10.2. The Kier molecular flexibility index (Phi) is 6.47. The van der Waals surface area contributed by atoms with Gasteiger partial charge in [0.25, 0.3) is 5.91 Å². The SMILES string of the molecule is Cc1cc(COc2ccccc2)oc1C(=O)Nc1ccccc1CN1CCOCC1. The van der Waals surface area contributed by atoms with Crippen molar-refractivity contribution in [3.63, 3.8) is 0 Å². The first-order valence-corrected chi connectivity index (χ1v) is 10.2. The zero-order valence-corrected chi connectivity index (χ0v) is 17.1. The van der Waals surface area contributed by atoms with Crippen molar-refractivity contribution in [2.45, 2.75) is 20.1 Å². The van der Waals surface area contributed by atoms with Crippen molar-refractivity contribution in [2.75, 3.05) is 31.6 Å². The predicted octanol–water partition coefficient (Wildman–Crippen LogP) is 4.25. The van der Waals surface area contributed by atoms with E-state index < -0.39 is 0 Å². The normalized spacial score (nSPS) is 14.4. The molecule has 1 N–H and O–H groups in total. The average molecular weight is 406 g/mol. The van der Waals surface area contributed by atoms with Gasteiger partial charge in [0.15, 0.2) is 5.76 Å². The van der Waals surface area contributed by atoms with E-state index >= 15 is 0 Å². The molecule has 1 aliphatic heterocycles. The van der Waals surface area contributed by atoms with Crippen LogP contribution in [0, 0.1) is 6.92 Å². The van der Waals surface area contributed by atoms with E-state index in [1.165, 1.54) is 0 Å². The summed E-state index contributed by atoms with van der Waals surface area (Å²) < 4.78 is 16.9. The second-order valence-corrected chi connectivity index (χ2v) is 7.33. The average Bonchev–Trinajstić information content (AvgIpc) is 3.16. The van der Waals surface area contributed by atoms with Crippen LogP contribution in [0.1, 0.15) is 27.4 Å². The van der Waals surface area contributed by atoms with Crippen molar-refractivity contribution in [1.29, 1.82) is 0 Å².